The number of hydrogen-bond donors (Lipinski definition) is 1. The normalized spacial score (nSPS) is 21.7. The Hall–Kier alpha value is -3.21. The van der Waals surface area contributed by atoms with Crippen molar-refractivity contribution in [2.24, 2.45) is 11.8 Å². The van der Waals surface area contributed by atoms with E-state index in [1.165, 1.54) is 0 Å². The third-order valence-corrected chi connectivity index (χ3v) is 8.37. The summed E-state index contributed by atoms with van der Waals surface area (Å²) in [5, 5.41) is 13.5. The van der Waals surface area contributed by atoms with Gasteiger partial charge in [0.2, 0.25) is 0 Å². The smallest absolute Gasteiger partial charge is 0.307 e. The van der Waals surface area contributed by atoms with Crippen molar-refractivity contribution in [2.75, 3.05) is 6.54 Å². The molecule has 8 heteroatoms. The van der Waals surface area contributed by atoms with Gasteiger partial charge in [-0.2, -0.15) is 5.26 Å². The van der Waals surface area contributed by atoms with Gasteiger partial charge >= 0.3 is 5.69 Å². The van der Waals surface area contributed by atoms with Crippen LogP contribution in [0.15, 0.2) is 53.0 Å². The minimum Gasteiger partial charge on any atom is -0.307 e. The van der Waals surface area contributed by atoms with Crippen LogP contribution in [0.4, 0.5) is 0 Å². The molecule has 2 aliphatic carbocycles. The maximum Gasteiger partial charge on any atom is 0.329 e. The van der Waals surface area contributed by atoms with Crippen LogP contribution in [-0.2, 0) is 13.1 Å². The fourth-order valence-electron chi connectivity index (χ4n) is 5.97. The molecule has 0 spiro atoms. The Labute approximate surface area is 228 Å². The summed E-state index contributed by atoms with van der Waals surface area (Å²) >= 11 is 6.03. The number of allylic oxidation sites excluding steroid dienone is 2. The number of halogens is 1. The van der Waals surface area contributed by atoms with Crippen molar-refractivity contribution in [3.05, 3.63) is 74.9 Å². The van der Waals surface area contributed by atoms with Crippen molar-refractivity contribution < 1.29 is 4.79 Å². The number of ketones is 1. The highest BCUT2D eigenvalue weighted by Gasteiger charge is 2.25. The average molecular weight is 532 g/mol. The highest BCUT2D eigenvalue weighted by Crippen LogP contribution is 2.29. The number of carbonyl (C=O) groups excluding carboxylic acids is 1. The molecule has 1 unspecified atom stereocenters. The standard InChI is InChI=1S/C30H34ClN5O2/c1-20-26(14-24(31)16-33-20)29(37)17-34-25-12-10-21(11-13-25)18-35-27-8-4-5-9-28(27)36(30(35)38)19-23-7-3-2-6-22(23)15-32/h4-5,7-9,14,16,21-22,25,34H,2-3,6,10-13,17-19H2,1H3. The van der Waals surface area contributed by atoms with Crippen LogP contribution in [0.5, 0.6) is 0 Å². The molecule has 1 fully saturated rings. The number of nitrogens with zero attached hydrogens (tertiary/aromatic N) is 4. The molecule has 1 saturated carbocycles. The first-order valence-electron chi connectivity index (χ1n) is 13.6. The van der Waals surface area contributed by atoms with Gasteiger partial charge in [-0.3, -0.25) is 18.9 Å². The molecule has 0 amide bonds. The summed E-state index contributed by atoms with van der Waals surface area (Å²) in [5.74, 6) is 0.304. The maximum absolute atomic E-state index is 13.6. The van der Waals surface area contributed by atoms with Gasteiger partial charge in [-0.15, -0.1) is 0 Å². The number of pyridine rings is 1. The number of para-hydroxylation sites is 2. The van der Waals surface area contributed by atoms with Gasteiger partial charge in [-0.05, 0) is 81.6 Å². The van der Waals surface area contributed by atoms with Crippen molar-refractivity contribution >= 4 is 28.4 Å². The Morgan fingerprint density at radius 1 is 1.16 bits per heavy atom. The zero-order valence-electron chi connectivity index (χ0n) is 21.8. The number of fused-ring (bicyclic) bond motifs is 1. The molecule has 198 valence electrons. The van der Waals surface area contributed by atoms with E-state index in [9.17, 15) is 14.9 Å². The molecule has 2 aromatic heterocycles. The van der Waals surface area contributed by atoms with Gasteiger partial charge < -0.3 is 5.32 Å². The number of Topliss-reactive ketones (excluding diaryl/α,β-unsaturated/α-hetero) is 1. The quantitative estimate of drug-likeness (QED) is 0.308. The Morgan fingerprint density at radius 3 is 2.63 bits per heavy atom. The highest BCUT2D eigenvalue weighted by molar-refractivity contribution is 6.30. The van der Waals surface area contributed by atoms with Crippen molar-refractivity contribution in [1.82, 2.24) is 19.4 Å². The second kappa shape index (κ2) is 11.7. The van der Waals surface area contributed by atoms with Crippen molar-refractivity contribution in [3.8, 4) is 6.07 Å². The average Bonchev–Trinajstić information content (AvgIpc) is 3.20. The summed E-state index contributed by atoms with van der Waals surface area (Å²) in [6.45, 7) is 3.26. The van der Waals surface area contributed by atoms with Gasteiger partial charge in [0.25, 0.3) is 0 Å². The second-order valence-electron chi connectivity index (χ2n) is 10.7. The predicted molar refractivity (Wildman–Crippen MR) is 149 cm³/mol. The molecule has 0 radical (unpaired) electrons. The summed E-state index contributed by atoms with van der Waals surface area (Å²) in [4.78, 5) is 30.5. The van der Waals surface area contributed by atoms with Crippen LogP contribution in [0.3, 0.4) is 0 Å². The summed E-state index contributed by atoms with van der Waals surface area (Å²) in [7, 11) is 0. The van der Waals surface area contributed by atoms with Crippen LogP contribution in [0.1, 0.15) is 61.0 Å². The number of aromatic nitrogens is 3. The zero-order valence-corrected chi connectivity index (χ0v) is 22.6. The molecule has 1 atom stereocenters. The minimum atomic E-state index is -0.105. The second-order valence-corrected chi connectivity index (χ2v) is 11.1. The third-order valence-electron chi connectivity index (χ3n) is 8.17. The molecule has 3 aromatic rings. The lowest BCUT2D eigenvalue weighted by molar-refractivity contribution is 0.0982. The molecular weight excluding hydrogens is 498 g/mol. The third kappa shape index (κ3) is 5.62. The van der Waals surface area contributed by atoms with Crippen molar-refractivity contribution in [2.45, 2.75) is 71.0 Å². The lowest BCUT2D eigenvalue weighted by Crippen LogP contribution is -2.38. The van der Waals surface area contributed by atoms with Gasteiger partial charge in [0.15, 0.2) is 5.78 Å². The van der Waals surface area contributed by atoms with Gasteiger partial charge in [-0.1, -0.05) is 29.8 Å². The number of benzene rings is 1. The fourth-order valence-corrected chi connectivity index (χ4v) is 6.13. The molecule has 7 nitrogen and oxygen atoms in total. The van der Waals surface area contributed by atoms with E-state index in [0.717, 1.165) is 61.6 Å². The Bertz CT molecular complexity index is 1460. The molecule has 2 aliphatic rings. The zero-order chi connectivity index (χ0) is 26.6. The van der Waals surface area contributed by atoms with Gasteiger partial charge in [0, 0.05) is 36.6 Å². The molecular formula is C30H34ClN5O2. The van der Waals surface area contributed by atoms with Crippen LogP contribution in [-0.4, -0.2) is 32.5 Å². The summed E-state index contributed by atoms with van der Waals surface area (Å²) < 4.78 is 3.78. The topological polar surface area (TPSA) is 92.7 Å². The molecule has 0 aliphatic heterocycles. The molecule has 1 aromatic carbocycles. The van der Waals surface area contributed by atoms with Crippen molar-refractivity contribution in [1.29, 1.82) is 5.26 Å². The van der Waals surface area contributed by atoms with E-state index in [2.05, 4.69) is 22.4 Å². The lowest BCUT2D eigenvalue weighted by atomic mass is 9.86. The summed E-state index contributed by atoms with van der Waals surface area (Å²) in [6, 6.07) is 12.4. The first-order chi connectivity index (χ1) is 18.4. The molecule has 38 heavy (non-hydrogen) atoms. The van der Waals surface area contributed by atoms with Crippen LogP contribution < -0.4 is 11.0 Å². The highest BCUT2D eigenvalue weighted by atomic mass is 35.5. The van der Waals surface area contributed by atoms with Crippen LogP contribution in [0.2, 0.25) is 5.02 Å². The summed E-state index contributed by atoms with van der Waals surface area (Å²) in [6.07, 6.45) is 10.5. The molecule has 1 N–H and O–H groups in total. The molecule has 0 bridgehead atoms. The number of nitriles is 1. The van der Waals surface area contributed by atoms with Gasteiger partial charge in [0.05, 0.1) is 34.6 Å². The predicted octanol–water partition coefficient (Wildman–Crippen LogP) is 5.44. The fraction of sp³-hybridized carbons (Fsp3) is 0.467. The monoisotopic (exact) mass is 531 g/mol. The Kier molecular flexibility index (Phi) is 8.11. The van der Waals surface area contributed by atoms with E-state index in [1.54, 1.807) is 12.3 Å². The van der Waals surface area contributed by atoms with Gasteiger partial charge in [-0.25, -0.2) is 4.79 Å². The first-order valence-corrected chi connectivity index (χ1v) is 14.0. The number of imidazole rings is 1. The number of rotatable bonds is 8. The van der Waals surface area contributed by atoms with E-state index in [1.807, 2.05) is 40.3 Å². The van der Waals surface area contributed by atoms with Crippen LogP contribution >= 0.6 is 11.6 Å². The van der Waals surface area contributed by atoms with Crippen molar-refractivity contribution in [3.63, 3.8) is 0 Å². The lowest BCUT2D eigenvalue weighted by Gasteiger charge is -2.29. The minimum absolute atomic E-state index is 0.00528. The molecule has 2 heterocycles. The molecule has 0 saturated heterocycles. The van der Waals surface area contributed by atoms with Gasteiger partial charge in [0.1, 0.15) is 0 Å². The van der Waals surface area contributed by atoms with E-state index < -0.39 is 0 Å². The van der Waals surface area contributed by atoms with E-state index >= 15 is 0 Å². The number of hydrogen-bond acceptors (Lipinski definition) is 5. The summed E-state index contributed by atoms with van der Waals surface area (Å²) in [5.41, 5.74) is 4.22. The van der Waals surface area contributed by atoms with E-state index in [0.29, 0.717) is 35.3 Å². The van der Waals surface area contributed by atoms with Crippen LogP contribution in [0, 0.1) is 30.1 Å². The number of aryl methyl sites for hydroxylation is 1. The first kappa shape index (κ1) is 26.4. The van der Waals surface area contributed by atoms with Crippen LogP contribution in [0.25, 0.3) is 11.0 Å². The largest absolute Gasteiger partial charge is 0.329 e. The Balaban J connectivity index is 1.23. The number of carbonyl (C=O) groups is 1. The number of nitrogens with one attached hydrogen (secondary N) is 1. The molecule has 5 rings (SSSR count). The van der Waals surface area contributed by atoms with E-state index in [-0.39, 0.29) is 30.0 Å². The van der Waals surface area contributed by atoms with E-state index in [4.69, 9.17) is 11.6 Å². The SMILES string of the molecule is Cc1ncc(Cl)cc1C(=O)CNC1CCC(Cn2c(=O)n(CC3=CCCCC3C#N)c3ccccc32)CC1. The Morgan fingerprint density at radius 2 is 1.89 bits per heavy atom. The maximum atomic E-state index is 13.6.